The molecule has 1 aromatic carbocycles. The zero-order valence-electron chi connectivity index (χ0n) is 12.3. The Morgan fingerprint density at radius 2 is 2.04 bits per heavy atom. The van der Waals surface area contributed by atoms with E-state index in [9.17, 15) is 8.42 Å². The molecule has 7 N–H and O–H groups in total. The van der Waals surface area contributed by atoms with Crippen LogP contribution < -0.4 is 16.2 Å². The van der Waals surface area contributed by atoms with E-state index in [1.165, 1.54) is 24.4 Å². The highest BCUT2D eigenvalue weighted by atomic mass is 35.5. The third-order valence-corrected chi connectivity index (χ3v) is 4.79. The van der Waals surface area contributed by atoms with E-state index >= 15 is 0 Å². The minimum absolute atomic E-state index is 0.0569. The van der Waals surface area contributed by atoms with Gasteiger partial charge < -0.3 is 21.7 Å². The molecule has 0 aliphatic carbocycles. The van der Waals surface area contributed by atoms with E-state index in [0.29, 0.717) is 15.8 Å². The molecule has 1 aromatic heterocycles. The van der Waals surface area contributed by atoms with Gasteiger partial charge in [-0.05, 0) is 12.1 Å². The summed E-state index contributed by atoms with van der Waals surface area (Å²) in [6, 6.07) is 4.22. The molecule has 0 spiro atoms. The molecule has 2 aromatic rings. The highest BCUT2D eigenvalue weighted by Gasteiger charge is 2.16. The van der Waals surface area contributed by atoms with E-state index in [2.05, 4.69) is 14.7 Å². The Morgan fingerprint density at radius 3 is 2.67 bits per heavy atom. The van der Waals surface area contributed by atoms with Crippen molar-refractivity contribution in [2.45, 2.75) is 17.6 Å². The summed E-state index contributed by atoms with van der Waals surface area (Å²) >= 11 is 6.06. The van der Waals surface area contributed by atoms with Crippen LogP contribution in [-0.4, -0.2) is 42.4 Å². The number of fused-ring (bicyclic) bond motifs is 1. The molecule has 0 aliphatic heterocycles. The van der Waals surface area contributed by atoms with Crippen molar-refractivity contribution in [1.82, 2.24) is 9.71 Å². The molecule has 0 radical (unpaired) electrons. The number of sulfonamides is 1. The van der Waals surface area contributed by atoms with E-state index in [1.807, 2.05) is 0 Å². The molecule has 0 saturated carbocycles. The van der Waals surface area contributed by atoms with Crippen molar-refractivity contribution >= 4 is 44.2 Å². The number of nitrogens with two attached hydrogens (primary N) is 2. The van der Waals surface area contributed by atoms with E-state index < -0.39 is 16.3 Å². The minimum atomic E-state index is -3.86. The maximum absolute atomic E-state index is 12.3. The Kier molecular flexibility index (Phi) is 5.57. The van der Waals surface area contributed by atoms with Crippen LogP contribution in [0, 0.1) is 0 Å². The molecule has 130 valence electrons. The van der Waals surface area contributed by atoms with Crippen LogP contribution in [0.5, 0.6) is 0 Å². The molecule has 24 heavy (non-hydrogen) atoms. The molecule has 0 unspecified atom stereocenters. The van der Waals surface area contributed by atoms with Gasteiger partial charge in [-0.2, -0.15) is 4.99 Å². The summed E-state index contributed by atoms with van der Waals surface area (Å²) in [5.41, 5.74) is 10.7. The van der Waals surface area contributed by atoms with Crippen molar-refractivity contribution in [1.29, 1.82) is 0 Å². The Bertz CT molecular complexity index is 881. The van der Waals surface area contributed by atoms with Crippen molar-refractivity contribution in [3.8, 4) is 0 Å². The number of nitrogens with one attached hydrogen (secondary N) is 1. The number of hydrogen-bond acceptors (Lipinski definition) is 6. The van der Waals surface area contributed by atoms with Gasteiger partial charge in [-0.15, -0.1) is 0 Å². The number of rotatable bonds is 6. The maximum Gasteiger partial charge on any atom is 0.240 e. The number of guanidine groups is 1. The molecule has 11 heteroatoms. The Hall–Kier alpha value is -1.98. The van der Waals surface area contributed by atoms with Gasteiger partial charge in [0, 0.05) is 29.9 Å². The van der Waals surface area contributed by atoms with Crippen LogP contribution in [0.4, 0.5) is 5.82 Å². The lowest BCUT2D eigenvalue weighted by atomic mass is 10.1. The van der Waals surface area contributed by atoms with E-state index in [-0.39, 0.29) is 29.6 Å². The zero-order valence-corrected chi connectivity index (χ0v) is 13.9. The fourth-order valence-corrected chi connectivity index (χ4v) is 3.24. The van der Waals surface area contributed by atoms with E-state index in [0.717, 1.165) is 0 Å². The lowest BCUT2D eigenvalue weighted by Gasteiger charge is -2.10. The number of benzene rings is 1. The van der Waals surface area contributed by atoms with E-state index in [1.54, 1.807) is 0 Å². The highest BCUT2D eigenvalue weighted by Crippen LogP contribution is 2.31. The highest BCUT2D eigenvalue weighted by molar-refractivity contribution is 7.89. The van der Waals surface area contributed by atoms with Crippen molar-refractivity contribution in [2.75, 3.05) is 6.54 Å². The first kappa shape index (κ1) is 18.4. The number of aliphatic imine (C=N–C) groups is 1. The summed E-state index contributed by atoms with van der Waals surface area (Å²) < 4.78 is 26.8. The lowest BCUT2D eigenvalue weighted by Crippen LogP contribution is -2.27. The number of aliphatic hydroxyl groups excluding tert-OH is 1. The number of halogens is 1. The topological polar surface area (TPSA) is 164 Å². The standard InChI is InChI=1S/C13H16ClN5O4S/c14-10-6-17-12(19-13(15)16)9-5-7(1-2-8(9)10)24(22,23)18-4-3-11(20)21/h1-2,5-6,11,18,20-21H,3-4H2,(H4,15,16,17,19). The maximum atomic E-state index is 12.3. The molecule has 0 amide bonds. The average Bonchev–Trinajstić information content (AvgIpc) is 2.49. The Labute approximate surface area is 143 Å². The fourth-order valence-electron chi connectivity index (χ4n) is 1.96. The van der Waals surface area contributed by atoms with Gasteiger partial charge >= 0.3 is 0 Å². The summed E-state index contributed by atoms with van der Waals surface area (Å²) in [7, 11) is -3.86. The second-order valence-corrected chi connectivity index (χ2v) is 7.02. The largest absolute Gasteiger partial charge is 0.370 e. The third kappa shape index (κ3) is 4.30. The summed E-state index contributed by atoms with van der Waals surface area (Å²) in [5.74, 6) is -0.0910. The van der Waals surface area contributed by atoms with Gasteiger partial charge in [0.25, 0.3) is 0 Å². The van der Waals surface area contributed by atoms with Crippen LogP contribution >= 0.6 is 11.6 Å². The molecule has 0 fully saturated rings. The number of pyridine rings is 1. The Morgan fingerprint density at radius 1 is 1.33 bits per heavy atom. The van der Waals surface area contributed by atoms with Crippen LogP contribution in [0.1, 0.15) is 6.42 Å². The minimum Gasteiger partial charge on any atom is -0.370 e. The second kappa shape index (κ2) is 7.28. The van der Waals surface area contributed by atoms with Crippen LogP contribution in [-0.2, 0) is 10.0 Å². The lowest BCUT2D eigenvalue weighted by molar-refractivity contribution is -0.0435. The predicted octanol–water partition coefficient (Wildman–Crippen LogP) is -0.228. The molecular weight excluding hydrogens is 358 g/mol. The molecule has 0 saturated heterocycles. The molecule has 0 atom stereocenters. The summed E-state index contributed by atoms with van der Waals surface area (Å²) in [6.45, 7) is -0.132. The normalized spacial score (nSPS) is 11.8. The molecule has 0 aliphatic rings. The van der Waals surface area contributed by atoms with Crippen LogP contribution in [0.15, 0.2) is 34.3 Å². The van der Waals surface area contributed by atoms with Gasteiger partial charge in [0.1, 0.15) is 0 Å². The summed E-state index contributed by atoms with van der Waals surface area (Å²) in [5, 5.41) is 18.8. The number of nitrogens with zero attached hydrogens (tertiary/aromatic N) is 2. The Balaban J connectivity index is 2.48. The molecule has 2 rings (SSSR count). The number of hydrogen-bond donors (Lipinski definition) is 5. The van der Waals surface area contributed by atoms with Gasteiger partial charge in [0.05, 0.1) is 9.92 Å². The van der Waals surface area contributed by atoms with Gasteiger partial charge in [-0.25, -0.2) is 18.1 Å². The molecule has 1 heterocycles. The number of aliphatic hydroxyl groups is 2. The average molecular weight is 374 g/mol. The van der Waals surface area contributed by atoms with Crippen molar-refractivity contribution < 1.29 is 18.6 Å². The van der Waals surface area contributed by atoms with Crippen molar-refractivity contribution in [3.63, 3.8) is 0 Å². The van der Waals surface area contributed by atoms with Gasteiger partial charge in [-0.1, -0.05) is 17.7 Å². The SMILES string of the molecule is NC(N)=Nc1ncc(Cl)c2ccc(S(=O)(=O)NCCC(O)O)cc12. The predicted molar refractivity (Wildman–Crippen MR) is 90.3 cm³/mol. The smallest absolute Gasteiger partial charge is 0.240 e. The fraction of sp³-hybridized carbons (Fsp3) is 0.231. The second-order valence-electron chi connectivity index (χ2n) is 4.84. The summed E-state index contributed by atoms with van der Waals surface area (Å²) in [6.07, 6.45) is -0.374. The first-order valence-corrected chi connectivity index (χ1v) is 8.60. The van der Waals surface area contributed by atoms with Crippen LogP contribution in [0.2, 0.25) is 5.02 Å². The monoisotopic (exact) mass is 373 g/mol. The van der Waals surface area contributed by atoms with Gasteiger partial charge in [0.15, 0.2) is 18.1 Å². The number of aromatic nitrogens is 1. The zero-order chi connectivity index (χ0) is 17.9. The third-order valence-electron chi connectivity index (χ3n) is 3.03. The van der Waals surface area contributed by atoms with Crippen LogP contribution in [0.3, 0.4) is 0 Å². The van der Waals surface area contributed by atoms with Crippen LogP contribution in [0.25, 0.3) is 10.8 Å². The first-order valence-electron chi connectivity index (χ1n) is 6.74. The van der Waals surface area contributed by atoms with Gasteiger partial charge in [-0.3, -0.25) is 0 Å². The molecule has 9 nitrogen and oxygen atoms in total. The van der Waals surface area contributed by atoms with Crippen molar-refractivity contribution in [2.24, 2.45) is 16.5 Å². The van der Waals surface area contributed by atoms with Crippen molar-refractivity contribution in [3.05, 3.63) is 29.4 Å². The van der Waals surface area contributed by atoms with Gasteiger partial charge in [0.2, 0.25) is 10.0 Å². The van der Waals surface area contributed by atoms with E-state index in [4.69, 9.17) is 33.3 Å². The molecular formula is C13H16ClN5O4S. The summed E-state index contributed by atoms with van der Waals surface area (Å²) in [4.78, 5) is 7.80. The molecule has 0 bridgehead atoms. The first-order chi connectivity index (χ1) is 11.2. The quantitative estimate of drug-likeness (QED) is 0.265.